The van der Waals surface area contributed by atoms with Crippen LogP contribution in [0.2, 0.25) is 0 Å². The topological polar surface area (TPSA) is 56.6 Å². The first-order valence-electron chi connectivity index (χ1n) is 5.90. The number of H-pyrrole nitrogens is 1. The summed E-state index contributed by atoms with van der Waals surface area (Å²) in [4.78, 5) is 14.9. The highest BCUT2D eigenvalue weighted by Crippen LogP contribution is 2.20. The van der Waals surface area contributed by atoms with Gasteiger partial charge in [0.05, 0.1) is 11.6 Å². The van der Waals surface area contributed by atoms with E-state index >= 15 is 0 Å². The maximum atomic E-state index is 12.1. The second-order valence-electron chi connectivity index (χ2n) is 4.29. The molecule has 0 saturated heterocycles. The summed E-state index contributed by atoms with van der Waals surface area (Å²) in [6.45, 7) is 0. The molecule has 0 radical (unpaired) electrons. The van der Waals surface area contributed by atoms with Crippen LogP contribution in [0.25, 0.3) is 22.0 Å². The molecule has 0 unspecified atom stereocenters. The van der Waals surface area contributed by atoms with Gasteiger partial charge in [0.15, 0.2) is 0 Å². The van der Waals surface area contributed by atoms with Gasteiger partial charge in [0.25, 0.3) is 5.56 Å². The Balaban J connectivity index is 2.30. The summed E-state index contributed by atoms with van der Waals surface area (Å²) in [6.07, 6.45) is 0. The molecule has 3 heteroatoms. The molecule has 0 aliphatic heterocycles. The lowest BCUT2D eigenvalue weighted by Crippen LogP contribution is -2.08. The second-order valence-corrected chi connectivity index (χ2v) is 4.29. The van der Waals surface area contributed by atoms with Gasteiger partial charge in [-0.25, -0.2) is 0 Å². The Morgan fingerprint density at radius 2 is 1.79 bits per heavy atom. The van der Waals surface area contributed by atoms with Crippen molar-refractivity contribution >= 4 is 10.9 Å². The van der Waals surface area contributed by atoms with Gasteiger partial charge in [-0.3, -0.25) is 4.79 Å². The summed E-state index contributed by atoms with van der Waals surface area (Å²) >= 11 is 0. The van der Waals surface area contributed by atoms with Gasteiger partial charge in [-0.15, -0.1) is 0 Å². The fourth-order valence-electron chi connectivity index (χ4n) is 2.11. The first-order chi connectivity index (χ1) is 9.28. The average molecular weight is 246 g/mol. The lowest BCUT2D eigenvalue weighted by atomic mass is 10.0. The van der Waals surface area contributed by atoms with Gasteiger partial charge in [-0.1, -0.05) is 30.3 Å². The summed E-state index contributed by atoms with van der Waals surface area (Å²) in [5.74, 6) is 0. The molecule has 0 aliphatic carbocycles. The van der Waals surface area contributed by atoms with Crippen LogP contribution in [0.4, 0.5) is 0 Å². The minimum atomic E-state index is -0.122. The number of aromatic amines is 1. The van der Waals surface area contributed by atoms with E-state index in [-0.39, 0.29) is 5.56 Å². The summed E-state index contributed by atoms with van der Waals surface area (Å²) in [6, 6.07) is 18.6. The molecule has 3 nitrogen and oxygen atoms in total. The predicted molar refractivity (Wildman–Crippen MR) is 74.7 cm³/mol. The Bertz CT molecular complexity index is 842. The van der Waals surface area contributed by atoms with Gasteiger partial charge >= 0.3 is 0 Å². The van der Waals surface area contributed by atoms with Crippen molar-refractivity contribution in [1.29, 1.82) is 5.26 Å². The van der Waals surface area contributed by atoms with Crippen LogP contribution in [0.1, 0.15) is 5.56 Å². The van der Waals surface area contributed by atoms with Crippen molar-refractivity contribution in [1.82, 2.24) is 4.98 Å². The molecule has 3 rings (SSSR count). The van der Waals surface area contributed by atoms with E-state index < -0.39 is 0 Å². The molecule has 2 aromatic carbocycles. The Kier molecular flexibility index (Phi) is 2.62. The molecule has 1 N–H and O–H groups in total. The number of nitriles is 1. The Morgan fingerprint density at radius 3 is 2.53 bits per heavy atom. The first kappa shape index (κ1) is 11.2. The van der Waals surface area contributed by atoms with E-state index in [0.29, 0.717) is 11.1 Å². The van der Waals surface area contributed by atoms with Crippen LogP contribution < -0.4 is 5.56 Å². The minimum Gasteiger partial charge on any atom is -0.321 e. The van der Waals surface area contributed by atoms with Gasteiger partial charge in [-0.05, 0) is 29.8 Å². The average Bonchev–Trinajstić information content (AvgIpc) is 2.47. The molecule has 90 valence electrons. The van der Waals surface area contributed by atoms with Crippen molar-refractivity contribution in [2.75, 3.05) is 0 Å². The molecule has 3 aromatic rings. The van der Waals surface area contributed by atoms with E-state index in [1.165, 1.54) is 0 Å². The molecule has 0 atom stereocenters. The van der Waals surface area contributed by atoms with Gasteiger partial charge in [0, 0.05) is 16.5 Å². The number of fused-ring (bicyclic) bond motifs is 1. The van der Waals surface area contributed by atoms with Crippen LogP contribution in [0.15, 0.2) is 59.4 Å². The van der Waals surface area contributed by atoms with Crippen molar-refractivity contribution in [3.63, 3.8) is 0 Å². The molecule has 1 heterocycles. The number of nitrogens with one attached hydrogen (secondary N) is 1. The molecule has 0 fully saturated rings. The molecule has 0 amide bonds. The van der Waals surface area contributed by atoms with Gasteiger partial charge in [0.1, 0.15) is 0 Å². The molecule has 0 saturated carbocycles. The predicted octanol–water partition coefficient (Wildman–Crippen LogP) is 3.07. The quantitative estimate of drug-likeness (QED) is 0.717. The summed E-state index contributed by atoms with van der Waals surface area (Å²) in [7, 11) is 0. The lowest BCUT2D eigenvalue weighted by Gasteiger charge is -2.03. The monoisotopic (exact) mass is 246 g/mol. The number of hydrogen-bond donors (Lipinski definition) is 1. The van der Waals surface area contributed by atoms with Crippen LogP contribution in [0.5, 0.6) is 0 Å². The zero-order chi connectivity index (χ0) is 13.2. The highest BCUT2D eigenvalue weighted by Gasteiger charge is 2.05. The Morgan fingerprint density at radius 1 is 1.00 bits per heavy atom. The van der Waals surface area contributed by atoms with Crippen molar-refractivity contribution in [2.45, 2.75) is 0 Å². The van der Waals surface area contributed by atoms with E-state index in [1.54, 1.807) is 18.2 Å². The third-order valence-electron chi connectivity index (χ3n) is 3.06. The van der Waals surface area contributed by atoms with Crippen LogP contribution >= 0.6 is 0 Å². The van der Waals surface area contributed by atoms with Crippen molar-refractivity contribution < 1.29 is 0 Å². The number of hydrogen-bond acceptors (Lipinski definition) is 2. The van der Waals surface area contributed by atoms with E-state index in [1.807, 2.05) is 36.4 Å². The SMILES string of the molecule is N#Cc1ccc2[nH]c(=O)c(-c3ccccc3)cc2c1. The van der Waals surface area contributed by atoms with E-state index in [9.17, 15) is 4.79 Å². The zero-order valence-electron chi connectivity index (χ0n) is 10.1. The van der Waals surface area contributed by atoms with Gasteiger partial charge < -0.3 is 4.98 Å². The van der Waals surface area contributed by atoms with Crippen LogP contribution in [0.3, 0.4) is 0 Å². The summed E-state index contributed by atoms with van der Waals surface area (Å²) in [5.41, 5.74) is 2.68. The third-order valence-corrected chi connectivity index (χ3v) is 3.06. The fraction of sp³-hybridized carbons (Fsp3) is 0. The van der Waals surface area contributed by atoms with E-state index in [0.717, 1.165) is 16.5 Å². The highest BCUT2D eigenvalue weighted by molar-refractivity contribution is 5.84. The minimum absolute atomic E-state index is 0.122. The Labute approximate surface area is 109 Å². The largest absolute Gasteiger partial charge is 0.321 e. The number of aromatic nitrogens is 1. The van der Waals surface area contributed by atoms with Crippen LogP contribution in [-0.2, 0) is 0 Å². The van der Waals surface area contributed by atoms with Crippen molar-refractivity contribution in [2.24, 2.45) is 0 Å². The molecule has 0 spiro atoms. The standard InChI is InChI=1S/C16H10N2O/c17-10-11-6-7-15-13(8-11)9-14(16(19)18-15)12-4-2-1-3-5-12/h1-9H,(H,18,19). The number of rotatable bonds is 1. The fourth-order valence-corrected chi connectivity index (χ4v) is 2.11. The summed E-state index contributed by atoms with van der Waals surface area (Å²) in [5, 5.41) is 9.77. The Hall–Kier alpha value is -2.86. The molecule has 19 heavy (non-hydrogen) atoms. The zero-order valence-corrected chi connectivity index (χ0v) is 10.1. The smallest absolute Gasteiger partial charge is 0.256 e. The number of benzene rings is 2. The molecule has 0 bridgehead atoms. The van der Waals surface area contributed by atoms with Gasteiger partial charge in [-0.2, -0.15) is 5.26 Å². The lowest BCUT2D eigenvalue weighted by molar-refractivity contribution is 1.30. The normalized spacial score (nSPS) is 10.3. The molecular formula is C16H10N2O. The van der Waals surface area contributed by atoms with Crippen molar-refractivity contribution in [3.05, 3.63) is 70.5 Å². The van der Waals surface area contributed by atoms with E-state index in [2.05, 4.69) is 11.1 Å². The second kappa shape index (κ2) is 4.43. The number of pyridine rings is 1. The van der Waals surface area contributed by atoms with Crippen molar-refractivity contribution in [3.8, 4) is 17.2 Å². The molecular weight excluding hydrogens is 236 g/mol. The first-order valence-corrected chi connectivity index (χ1v) is 5.90. The molecule has 0 aliphatic rings. The van der Waals surface area contributed by atoms with Crippen LogP contribution in [-0.4, -0.2) is 4.98 Å². The maximum absolute atomic E-state index is 12.1. The van der Waals surface area contributed by atoms with E-state index in [4.69, 9.17) is 5.26 Å². The number of nitrogens with zero attached hydrogens (tertiary/aromatic N) is 1. The highest BCUT2D eigenvalue weighted by atomic mass is 16.1. The summed E-state index contributed by atoms with van der Waals surface area (Å²) < 4.78 is 0. The third kappa shape index (κ3) is 2.00. The maximum Gasteiger partial charge on any atom is 0.256 e. The molecule has 1 aromatic heterocycles. The van der Waals surface area contributed by atoms with Crippen LogP contribution in [0, 0.1) is 11.3 Å². The van der Waals surface area contributed by atoms with Gasteiger partial charge in [0.2, 0.25) is 0 Å².